The van der Waals surface area contributed by atoms with Crippen molar-refractivity contribution in [1.82, 2.24) is 14.7 Å². The summed E-state index contributed by atoms with van der Waals surface area (Å²) in [5, 5.41) is 9.75. The fourth-order valence-corrected chi connectivity index (χ4v) is 6.41. The van der Waals surface area contributed by atoms with Gasteiger partial charge in [0.05, 0.1) is 17.0 Å². The molecule has 0 unspecified atom stereocenters. The van der Waals surface area contributed by atoms with Crippen LogP contribution in [0.15, 0.2) is 30.3 Å². The van der Waals surface area contributed by atoms with Crippen LogP contribution in [0.3, 0.4) is 0 Å². The lowest BCUT2D eigenvalue weighted by Crippen LogP contribution is -2.55. The summed E-state index contributed by atoms with van der Waals surface area (Å²) < 4.78 is 0. The highest BCUT2D eigenvalue weighted by atomic mass is 16.2. The Bertz CT molecular complexity index is 857. The minimum Gasteiger partial charge on any atom is -0.321 e. The Morgan fingerprint density at radius 3 is 2.26 bits per heavy atom. The summed E-state index contributed by atoms with van der Waals surface area (Å²) in [5.74, 6) is 0.684. The van der Waals surface area contributed by atoms with Crippen LogP contribution >= 0.6 is 0 Å². The molecule has 0 N–H and O–H groups in total. The molecule has 31 heavy (non-hydrogen) atoms. The minimum absolute atomic E-state index is 0.0378. The molecule has 5 nitrogen and oxygen atoms in total. The van der Waals surface area contributed by atoms with E-state index in [1.807, 2.05) is 0 Å². The number of hydrogen-bond acceptors (Lipinski definition) is 3. The summed E-state index contributed by atoms with van der Waals surface area (Å²) in [4.78, 5) is 20.3. The first-order chi connectivity index (χ1) is 14.9. The molecule has 0 radical (unpaired) electrons. The van der Waals surface area contributed by atoms with Gasteiger partial charge in [-0.15, -0.1) is 0 Å². The Hall–Kier alpha value is -2.06. The van der Waals surface area contributed by atoms with Crippen LogP contribution in [0.2, 0.25) is 0 Å². The number of nitrogens with zero attached hydrogens (tertiary/aromatic N) is 4. The SMILES string of the molecule is CN(C)C1(c2ccccc2)CCC2(CC1)CN(CC1(C#N)CCC1)C(=O)N2CC1CC1. The molecule has 3 aliphatic carbocycles. The second-order valence-electron chi connectivity index (χ2n) is 11.0. The van der Waals surface area contributed by atoms with Crippen LogP contribution in [0.5, 0.6) is 0 Å². The first-order valence-electron chi connectivity index (χ1n) is 12.1. The van der Waals surface area contributed by atoms with Gasteiger partial charge in [0.15, 0.2) is 0 Å². The number of carbonyl (C=O) groups is 1. The van der Waals surface area contributed by atoms with E-state index in [4.69, 9.17) is 0 Å². The zero-order valence-electron chi connectivity index (χ0n) is 19.1. The van der Waals surface area contributed by atoms with Crippen molar-refractivity contribution in [3.8, 4) is 6.07 Å². The van der Waals surface area contributed by atoms with Gasteiger partial charge in [0, 0.05) is 25.2 Å². The maximum atomic E-state index is 13.6. The van der Waals surface area contributed by atoms with Gasteiger partial charge in [-0.25, -0.2) is 4.79 Å². The standard InChI is InChI=1S/C26H36N4O/c1-28(2)26(22-7-4-3-5-8-22)15-13-25(14-16-26)20-29(19-24(18-27)11-6-12-24)23(31)30(25)17-21-9-10-21/h3-5,7-8,21H,6,9-17,19-20H2,1-2H3. The molecule has 3 saturated carbocycles. The van der Waals surface area contributed by atoms with Gasteiger partial charge in [-0.3, -0.25) is 4.90 Å². The third kappa shape index (κ3) is 3.44. The van der Waals surface area contributed by atoms with E-state index in [1.165, 1.54) is 18.4 Å². The molecule has 166 valence electrons. The van der Waals surface area contributed by atoms with Crippen molar-refractivity contribution in [3.63, 3.8) is 0 Å². The first-order valence-corrected chi connectivity index (χ1v) is 12.1. The maximum absolute atomic E-state index is 13.6. The zero-order chi connectivity index (χ0) is 21.7. The molecule has 0 bridgehead atoms. The van der Waals surface area contributed by atoms with Crippen LogP contribution < -0.4 is 0 Å². The maximum Gasteiger partial charge on any atom is 0.320 e. The molecule has 1 heterocycles. The van der Waals surface area contributed by atoms with Gasteiger partial charge in [0.25, 0.3) is 0 Å². The summed E-state index contributed by atoms with van der Waals surface area (Å²) >= 11 is 0. The van der Waals surface area contributed by atoms with Crippen LogP contribution in [0, 0.1) is 22.7 Å². The van der Waals surface area contributed by atoms with Gasteiger partial charge >= 0.3 is 6.03 Å². The summed E-state index contributed by atoms with van der Waals surface area (Å²) in [7, 11) is 4.40. The number of benzene rings is 1. The van der Waals surface area contributed by atoms with Gasteiger partial charge in [-0.1, -0.05) is 36.8 Å². The van der Waals surface area contributed by atoms with Crippen molar-refractivity contribution < 1.29 is 4.79 Å². The number of urea groups is 1. The van der Waals surface area contributed by atoms with Crippen molar-refractivity contribution >= 4 is 6.03 Å². The molecule has 1 aromatic rings. The van der Waals surface area contributed by atoms with Gasteiger partial charge in [-0.05, 0) is 76.9 Å². The van der Waals surface area contributed by atoms with Crippen LogP contribution in [-0.2, 0) is 5.54 Å². The van der Waals surface area contributed by atoms with Crippen LogP contribution in [0.25, 0.3) is 0 Å². The predicted molar refractivity (Wildman–Crippen MR) is 121 cm³/mol. The molecule has 4 aliphatic rings. The highest BCUT2D eigenvalue weighted by molar-refractivity contribution is 5.78. The number of carbonyl (C=O) groups excluding carboxylic acids is 1. The minimum atomic E-state index is -0.293. The molecule has 5 heteroatoms. The van der Waals surface area contributed by atoms with Crippen molar-refractivity contribution in [2.45, 2.75) is 68.9 Å². The third-order valence-corrected chi connectivity index (χ3v) is 8.91. The number of nitriles is 1. The average Bonchev–Trinajstić information content (AvgIpc) is 3.55. The van der Waals surface area contributed by atoms with Crippen LogP contribution in [0.1, 0.15) is 63.4 Å². The summed E-state index contributed by atoms with van der Waals surface area (Å²) in [6.07, 6.45) is 9.73. The van der Waals surface area contributed by atoms with E-state index in [0.29, 0.717) is 12.5 Å². The molecule has 1 aliphatic heterocycles. The monoisotopic (exact) mass is 420 g/mol. The highest BCUT2D eigenvalue weighted by Crippen LogP contribution is 2.51. The normalized spacial score (nSPS) is 32.4. The smallest absolute Gasteiger partial charge is 0.320 e. The molecule has 1 saturated heterocycles. The number of rotatable bonds is 6. The van der Waals surface area contributed by atoms with Gasteiger partial charge in [-0.2, -0.15) is 5.26 Å². The highest BCUT2D eigenvalue weighted by Gasteiger charge is 2.56. The van der Waals surface area contributed by atoms with Crippen molar-refractivity contribution in [3.05, 3.63) is 35.9 Å². The first kappa shape index (κ1) is 20.8. The Labute approximate surface area is 187 Å². The molecule has 4 fully saturated rings. The topological polar surface area (TPSA) is 50.6 Å². The lowest BCUT2D eigenvalue weighted by molar-refractivity contribution is 0.0225. The molecule has 0 atom stereocenters. The number of amides is 2. The molecule has 1 aromatic carbocycles. The van der Waals surface area contributed by atoms with Crippen LogP contribution in [0.4, 0.5) is 4.79 Å². The molecule has 0 aromatic heterocycles. The van der Waals surface area contributed by atoms with E-state index >= 15 is 0 Å². The van der Waals surface area contributed by atoms with Crippen molar-refractivity contribution in [2.24, 2.45) is 11.3 Å². The Morgan fingerprint density at radius 1 is 1.06 bits per heavy atom. The van der Waals surface area contributed by atoms with Gasteiger partial charge < -0.3 is 9.80 Å². The predicted octanol–water partition coefficient (Wildman–Crippen LogP) is 4.60. The van der Waals surface area contributed by atoms with E-state index < -0.39 is 0 Å². The van der Waals surface area contributed by atoms with Crippen molar-refractivity contribution in [2.75, 3.05) is 33.7 Å². The lowest BCUT2D eigenvalue weighted by atomic mass is 9.67. The van der Waals surface area contributed by atoms with E-state index in [0.717, 1.165) is 58.0 Å². The number of hydrogen-bond donors (Lipinski definition) is 0. The Morgan fingerprint density at radius 2 is 1.74 bits per heavy atom. The Balaban J connectivity index is 1.39. The average molecular weight is 421 g/mol. The largest absolute Gasteiger partial charge is 0.321 e. The van der Waals surface area contributed by atoms with Crippen molar-refractivity contribution in [1.29, 1.82) is 5.26 Å². The molecular weight excluding hydrogens is 384 g/mol. The Kier molecular flexibility index (Phi) is 5.05. The molecular formula is C26H36N4O. The lowest BCUT2D eigenvalue weighted by Gasteiger charge is -2.51. The van der Waals surface area contributed by atoms with Gasteiger partial charge in [0.2, 0.25) is 0 Å². The summed E-state index contributed by atoms with van der Waals surface area (Å²) in [6.45, 7) is 2.35. The summed E-state index contributed by atoms with van der Waals surface area (Å²) in [5.41, 5.74) is 1.07. The zero-order valence-corrected chi connectivity index (χ0v) is 19.1. The fourth-order valence-electron chi connectivity index (χ4n) is 6.41. The van der Waals surface area contributed by atoms with Gasteiger partial charge in [0.1, 0.15) is 0 Å². The quantitative estimate of drug-likeness (QED) is 0.676. The molecule has 2 amide bonds. The second-order valence-corrected chi connectivity index (χ2v) is 11.0. The van der Waals surface area contributed by atoms with E-state index in [9.17, 15) is 10.1 Å². The van der Waals surface area contributed by atoms with E-state index in [1.54, 1.807) is 0 Å². The van der Waals surface area contributed by atoms with E-state index in [2.05, 4.69) is 65.2 Å². The summed E-state index contributed by atoms with van der Waals surface area (Å²) in [6, 6.07) is 13.7. The molecule has 5 rings (SSSR count). The third-order valence-electron chi connectivity index (χ3n) is 8.91. The van der Waals surface area contributed by atoms with Crippen LogP contribution in [-0.4, -0.2) is 60.0 Å². The fraction of sp³-hybridized carbons (Fsp3) is 0.692. The molecule has 1 spiro atoms. The second kappa shape index (κ2) is 7.52. The van der Waals surface area contributed by atoms with E-state index in [-0.39, 0.29) is 22.5 Å².